The second-order valence-corrected chi connectivity index (χ2v) is 8.57. The largest absolute Gasteiger partial charge is 0.506 e. The van der Waals surface area contributed by atoms with Crippen molar-refractivity contribution in [2.24, 2.45) is 5.92 Å². The molecule has 33 heavy (non-hydrogen) atoms. The number of phenolic OH excluding ortho intramolecular Hbond substituents is 1. The van der Waals surface area contributed by atoms with Crippen molar-refractivity contribution in [3.8, 4) is 11.5 Å². The molecule has 4 rings (SSSR count). The van der Waals surface area contributed by atoms with Crippen LogP contribution in [0.4, 0.5) is 5.69 Å². The zero-order valence-corrected chi connectivity index (χ0v) is 19.4. The number of amides is 2. The molecule has 0 aliphatic carbocycles. The summed E-state index contributed by atoms with van der Waals surface area (Å²) in [5, 5.41) is 13.6. The van der Waals surface area contributed by atoms with Crippen LogP contribution in [0.3, 0.4) is 0 Å². The Morgan fingerprint density at radius 3 is 2.55 bits per heavy atom. The van der Waals surface area contributed by atoms with Crippen molar-refractivity contribution in [2.75, 3.05) is 25.5 Å². The molecular formula is C26H31N3O4. The Morgan fingerprint density at radius 2 is 1.88 bits per heavy atom. The highest BCUT2D eigenvalue weighted by Crippen LogP contribution is 2.32. The number of aromatic nitrogens is 1. The molecule has 0 atom stereocenters. The lowest BCUT2D eigenvalue weighted by Gasteiger charge is -2.31. The Labute approximate surface area is 194 Å². The maximum atomic E-state index is 13.6. The van der Waals surface area contributed by atoms with Gasteiger partial charge in [0.1, 0.15) is 11.5 Å². The Kier molecular flexibility index (Phi) is 6.58. The van der Waals surface area contributed by atoms with Gasteiger partial charge in [-0.2, -0.15) is 0 Å². The fraction of sp³-hybridized carbons (Fsp3) is 0.385. The molecule has 2 aromatic carbocycles. The lowest BCUT2D eigenvalue weighted by atomic mass is 9.95. The van der Waals surface area contributed by atoms with E-state index in [1.54, 1.807) is 31.4 Å². The summed E-state index contributed by atoms with van der Waals surface area (Å²) in [6.45, 7) is 6.00. The molecule has 7 nitrogen and oxygen atoms in total. The average Bonchev–Trinajstić information content (AvgIpc) is 3.10. The minimum atomic E-state index is -0.198. The van der Waals surface area contributed by atoms with Gasteiger partial charge in [0.25, 0.3) is 5.91 Å². The van der Waals surface area contributed by atoms with E-state index in [0.29, 0.717) is 31.6 Å². The van der Waals surface area contributed by atoms with Gasteiger partial charge in [0, 0.05) is 42.1 Å². The van der Waals surface area contributed by atoms with Crippen LogP contribution in [0.2, 0.25) is 0 Å². The first-order valence-electron chi connectivity index (χ1n) is 11.5. The highest BCUT2D eigenvalue weighted by Gasteiger charge is 2.30. The van der Waals surface area contributed by atoms with Crippen LogP contribution in [0, 0.1) is 12.8 Å². The quantitative estimate of drug-likeness (QED) is 0.540. The number of carbonyl (C=O) groups excluding carboxylic acids is 2. The number of nitrogens with zero attached hydrogens (tertiary/aromatic N) is 2. The maximum Gasteiger partial charge on any atom is 0.256 e. The van der Waals surface area contributed by atoms with Crippen LogP contribution in [-0.4, -0.2) is 46.6 Å². The molecular weight excluding hydrogens is 418 g/mol. The lowest BCUT2D eigenvalue weighted by Crippen LogP contribution is -2.41. The summed E-state index contributed by atoms with van der Waals surface area (Å²) in [6.07, 6.45) is 2.14. The normalized spacial score (nSPS) is 14.5. The number of carbonyl (C=O) groups is 2. The molecule has 2 amide bonds. The molecule has 2 heterocycles. The van der Waals surface area contributed by atoms with Gasteiger partial charge in [-0.15, -0.1) is 0 Å². The van der Waals surface area contributed by atoms with Gasteiger partial charge in [-0.25, -0.2) is 0 Å². The van der Waals surface area contributed by atoms with Crippen LogP contribution in [0.25, 0.3) is 10.9 Å². The van der Waals surface area contributed by atoms with Crippen molar-refractivity contribution in [1.29, 1.82) is 0 Å². The first kappa shape index (κ1) is 22.7. The number of phenols is 1. The van der Waals surface area contributed by atoms with Gasteiger partial charge in [0.15, 0.2) is 0 Å². The Balaban J connectivity index is 1.51. The molecule has 1 fully saturated rings. The molecule has 1 aliphatic rings. The van der Waals surface area contributed by atoms with Crippen LogP contribution in [-0.2, 0) is 11.3 Å². The lowest BCUT2D eigenvalue weighted by molar-refractivity contribution is -0.121. The van der Waals surface area contributed by atoms with Crippen molar-refractivity contribution in [1.82, 2.24) is 9.47 Å². The molecule has 1 aliphatic heterocycles. The number of aromatic hydroxyl groups is 1. The number of piperidine rings is 1. The van der Waals surface area contributed by atoms with Gasteiger partial charge in [0.2, 0.25) is 5.91 Å². The van der Waals surface area contributed by atoms with Crippen LogP contribution in [0.5, 0.6) is 11.5 Å². The van der Waals surface area contributed by atoms with E-state index in [0.717, 1.165) is 40.9 Å². The monoisotopic (exact) mass is 449 g/mol. The predicted molar refractivity (Wildman–Crippen MR) is 129 cm³/mol. The third kappa shape index (κ3) is 4.40. The number of fused-ring (bicyclic) bond motifs is 1. The van der Waals surface area contributed by atoms with E-state index >= 15 is 0 Å². The average molecular weight is 450 g/mol. The Morgan fingerprint density at radius 1 is 1.15 bits per heavy atom. The number of likely N-dealkylation sites (tertiary alicyclic amines) is 1. The number of aryl methyl sites for hydroxylation is 1. The van der Waals surface area contributed by atoms with E-state index in [9.17, 15) is 14.7 Å². The fourth-order valence-electron chi connectivity index (χ4n) is 4.69. The number of hydrogen-bond acceptors (Lipinski definition) is 4. The summed E-state index contributed by atoms with van der Waals surface area (Å²) in [4.78, 5) is 28.1. The van der Waals surface area contributed by atoms with E-state index in [1.807, 2.05) is 30.0 Å². The molecule has 0 radical (unpaired) electrons. The highest BCUT2D eigenvalue weighted by atomic mass is 16.5. The van der Waals surface area contributed by atoms with Gasteiger partial charge in [-0.1, -0.05) is 19.1 Å². The molecule has 0 saturated carbocycles. The molecule has 174 valence electrons. The molecule has 2 N–H and O–H groups in total. The first-order valence-corrected chi connectivity index (χ1v) is 11.5. The van der Waals surface area contributed by atoms with E-state index in [1.165, 1.54) is 0 Å². The van der Waals surface area contributed by atoms with Crippen LogP contribution in [0.15, 0.2) is 42.5 Å². The van der Waals surface area contributed by atoms with Crippen molar-refractivity contribution < 1.29 is 19.4 Å². The smallest absolute Gasteiger partial charge is 0.256 e. The Bertz CT molecular complexity index is 1180. The first-order chi connectivity index (χ1) is 15.9. The van der Waals surface area contributed by atoms with Crippen molar-refractivity contribution in [2.45, 2.75) is 39.7 Å². The summed E-state index contributed by atoms with van der Waals surface area (Å²) in [5.41, 5.74) is 3.13. The van der Waals surface area contributed by atoms with Crippen LogP contribution in [0.1, 0.15) is 42.2 Å². The zero-order valence-electron chi connectivity index (χ0n) is 19.4. The van der Waals surface area contributed by atoms with E-state index in [4.69, 9.17) is 4.74 Å². The molecule has 1 aromatic heterocycles. The summed E-state index contributed by atoms with van der Waals surface area (Å²) in [7, 11) is 1.63. The highest BCUT2D eigenvalue weighted by molar-refractivity contribution is 6.09. The van der Waals surface area contributed by atoms with Crippen molar-refractivity contribution >= 4 is 28.4 Å². The number of para-hydroxylation sites is 2. The summed E-state index contributed by atoms with van der Waals surface area (Å²) in [6, 6.07) is 12.6. The number of benzene rings is 2. The van der Waals surface area contributed by atoms with Crippen molar-refractivity contribution in [3.63, 3.8) is 0 Å². The fourth-order valence-corrected chi connectivity index (χ4v) is 4.69. The predicted octanol–water partition coefficient (Wildman–Crippen LogP) is 4.56. The van der Waals surface area contributed by atoms with E-state index < -0.39 is 0 Å². The molecule has 0 unspecified atom stereocenters. The summed E-state index contributed by atoms with van der Waals surface area (Å²) >= 11 is 0. The summed E-state index contributed by atoms with van der Waals surface area (Å²) in [5.74, 6) is 0.457. The number of rotatable bonds is 6. The third-order valence-electron chi connectivity index (χ3n) is 6.51. The SMILES string of the molecule is CCCn1c(C)c(C(=O)N2CCC(C(=O)Nc3ccccc3O)CC2)c2cc(OC)ccc21. The second kappa shape index (κ2) is 9.57. The number of nitrogens with one attached hydrogen (secondary N) is 1. The number of hydrogen-bond donors (Lipinski definition) is 2. The molecule has 7 heteroatoms. The van der Waals surface area contributed by atoms with E-state index in [-0.39, 0.29) is 23.5 Å². The number of anilines is 1. The van der Waals surface area contributed by atoms with Gasteiger partial charge in [-0.3, -0.25) is 9.59 Å². The standard InChI is InChI=1S/C26H31N3O4/c1-4-13-29-17(2)24(20-16-19(33-3)9-10-22(20)29)26(32)28-14-11-18(12-15-28)25(31)27-21-7-5-6-8-23(21)30/h5-10,16,18,30H,4,11-15H2,1-3H3,(H,27,31). The minimum Gasteiger partial charge on any atom is -0.506 e. The van der Waals surface area contributed by atoms with Crippen LogP contribution >= 0.6 is 0 Å². The van der Waals surface area contributed by atoms with Gasteiger partial charge in [0.05, 0.1) is 18.4 Å². The third-order valence-corrected chi connectivity index (χ3v) is 6.51. The van der Waals surface area contributed by atoms with Gasteiger partial charge >= 0.3 is 0 Å². The number of methoxy groups -OCH3 is 1. The molecule has 1 saturated heterocycles. The topological polar surface area (TPSA) is 83.8 Å². The maximum absolute atomic E-state index is 13.6. The number of ether oxygens (including phenoxy) is 1. The zero-order chi connectivity index (χ0) is 23.5. The van der Waals surface area contributed by atoms with E-state index in [2.05, 4.69) is 16.8 Å². The molecule has 0 spiro atoms. The van der Waals surface area contributed by atoms with Gasteiger partial charge < -0.3 is 24.6 Å². The van der Waals surface area contributed by atoms with Gasteiger partial charge in [-0.05, 0) is 56.5 Å². The second-order valence-electron chi connectivity index (χ2n) is 8.57. The minimum absolute atomic E-state index is 0.000156. The molecule has 0 bridgehead atoms. The van der Waals surface area contributed by atoms with Crippen molar-refractivity contribution in [3.05, 3.63) is 53.7 Å². The summed E-state index contributed by atoms with van der Waals surface area (Å²) < 4.78 is 7.62. The molecule has 3 aromatic rings. The van der Waals surface area contributed by atoms with Crippen LogP contribution < -0.4 is 10.1 Å². The Hall–Kier alpha value is -3.48.